The molecule has 1 saturated carbocycles. The quantitative estimate of drug-likeness (QED) is 0.923. The van der Waals surface area contributed by atoms with E-state index in [4.69, 9.17) is 16.0 Å². The van der Waals surface area contributed by atoms with Gasteiger partial charge < -0.3 is 9.73 Å². The summed E-state index contributed by atoms with van der Waals surface area (Å²) in [5, 5.41) is 3.84. The molecule has 0 aliphatic heterocycles. The molecule has 20 heavy (non-hydrogen) atoms. The molecule has 104 valence electrons. The summed E-state index contributed by atoms with van der Waals surface area (Å²) in [7, 11) is 0. The van der Waals surface area contributed by atoms with Gasteiger partial charge in [-0.1, -0.05) is 36.6 Å². The number of rotatable bonds is 3. The van der Waals surface area contributed by atoms with E-state index in [0.29, 0.717) is 10.8 Å². The second-order valence-corrected chi connectivity index (χ2v) is 5.67. The van der Waals surface area contributed by atoms with Crippen LogP contribution in [0.5, 0.6) is 0 Å². The average molecular weight is 290 g/mol. The molecular weight excluding hydrogens is 274 g/mol. The first-order chi connectivity index (χ1) is 9.70. The van der Waals surface area contributed by atoms with Gasteiger partial charge in [-0.3, -0.25) is 4.79 Å². The van der Waals surface area contributed by atoms with Crippen LogP contribution in [0.15, 0.2) is 47.1 Å². The molecule has 0 unspecified atom stereocenters. The second kappa shape index (κ2) is 5.33. The Bertz CT molecular complexity index is 601. The van der Waals surface area contributed by atoms with Gasteiger partial charge in [0.1, 0.15) is 0 Å². The molecule has 1 amide bonds. The predicted octanol–water partition coefficient (Wildman–Crippen LogP) is 4.13. The summed E-state index contributed by atoms with van der Waals surface area (Å²) < 4.78 is 5.17. The minimum atomic E-state index is -0.325. The van der Waals surface area contributed by atoms with Gasteiger partial charge in [0, 0.05) is 5.02 Å². The molecule has 0 atom stereocenters. The van der Waals surface area contributed by atoms with E-state index in [9.17, 15) is 4.79 Å². The fourth-order valence-corrected chi connectivity index (χ4v) is 3.13. The number of nitrogens with one attached hydrogen (secondary N) is 1. The minimum absolute atomic E-state index is 0.170. The van der Waals surface area contributed by atoms with Crippen LogP contribution in [0.4, 0.5) is 0 Å². The van der Waals surface area contributed by atoms with Gasteiger partial charge in [-0.15, -0.1) is 0 Å². The van der Waals surface area contributed by atoms with Crippen molar-refractivity contribution < 1.29 is 9.21 Å². The molecule has 3 rings (SSSR count). The topological polar surface area (TPSA) is 42.2 Å². The lowest BCUT2D eigenvalue weighted by atomic mass is 9.88. The van der Waals surface area contributed by atoms with Gasteiger partial charge in [0.15, 0.2) is 5.76 Å². The normalized spacial score (nSPS) is 17.1. The number of halogens is 1. The summed E-state index contributed by atoms with van der Waals surface area (Å²) in [6, 6.07) is 11.1. The highest BCUT2D eigenvalue weighted by Crippen LogP contribution is 2.39. The Morgan fingerprint density at radius 3 is 2.65 bits per heavy atom. The van der Waals surface area contributed by atoms with Gasteiger partial charge in [-0.05, 0) is 42.7 Å². The fourth-order valence-electron chi connectivity index (χ4n) is 2.94. The molecule has 2 aromatic rings. The zero-order valence-electron chi connectivity index (χ0n) is 11.1. The number of carbonyl (C=O) groups excluding carboxylic acids is 1. The number of hydrogen-bond acceptors (Lipinski definition) is 2. The Hall–Kier alpha value is -1.74. The van der Waals surface area contributed by atoms with Crippen molar-refractivity contribution in [2.24, 2.45) is 0 Å². The van der Waals surface area contributed by atoms with E-state index < -0.39 is 0 Å². The van der Waals surface area contributed by atoms with Crippen molar-refractivity contribution in [2.75, 3.05) is 0 Å². The molecule has 0 radical (unpaired) electrons. The number of carbonyl (C=O) groups is 1. The summed E-state index contributed by atoms with van der Waals surface area (Å²) in [6.07, 6.45) is 5.57. The molecule has 3 nitrogen and oxygen atoms in total. The predicted molar refractivity (Wildman–Crippen MR) is 77.8 cm³/mol. The number of amides is 1. The molecule has 1 heterocycles. The van der Waals surface area contributed by atoms with Crippen molar-refractivity contribution in [3.63, 3.8) is 0 Å². The van der Waals surface area contributed by atoms with Crippen LogP contribution in [0.25, 0.3) is 0 Å². The highest BCUT2D eigenvalue weighted by Gasteiger charge is 2.37. The molecule has 1 aromatic heterocycles. The first-order valence-corrected chi connectivity index (χ1v) is 7.19. The highest BCUT2D eigenvalue weighted by atomic mass is 35.5. The van der Waals surface area contributed by atoms with E-state index in [1.165, 1.54) is 6.26 Å². The maximum atomic E-state index is 12.3. The van der Waals surface area contributed by atoms with Crippen LogP contribution in [-0.4, -0.2) is 5.91 Å². The second-order valence-electron chi connectivity index (χ2n) is 5.23. The summed E-state index contributed by atoms with van der Waals surface area (Å²) in [5.74, 6) is 0.176. The smallest absolute Gasteiger partial charge is 0.287 e. The SMILES string of the molecule is O=C(NC1(c2cccc(Cl)c2)CCCC1)c1ccco1. The monoisotopic (exact) mass is 289 g/mol. The lowest BCUT2D eigenvalue weighted by Crippen LogP contribution is -2.43. The van der Waals surface area contributed by atoms with Gasteiger partial charge in [-0.2, -0.15) is 0 Å². The Morgan fingerprint density at radius 2 is 2.00 bits per heavy atom. The Morgan fingerprint density at radius 1 is 1.20 bits per heavy atom. The zero-order chi connectivity index (χ0) is 14.0. The largest absolute Gasteiger partial charge is 0.459 e. The lowest BCUT2D eigenvalue weighted by Gasteiger charge is -2.30. The molecular formula is C16H16ClNO2. The maximum absolute atomic E-state index is 12.3. The minimum Gasteiger partial charge on any atom is -0.459 e. The van der Waals surface area contributed by atoms with Crippen LogP contribution < -0.4 is 5.32 Å². The molecule has 1 N–H and O–H groups in total. The molecule has 1 aliphatic rings. The number of hydrogen-bond donors (Lipinski definition) is 1. The Balaban J connectivity index is 1.90. The van der Waals surface area contributed by atoms with Crippen LogP contribution >= 0.6 is 11.6 Å². The summed E-state index contributed by atoms with van der Waals surface area (Å²) in [6.45, 7) is 0. The van der Waals surface area contributed by atoms with Crippen LogP contribution in [0.2, 0.25) is 5.02 Å². The van der Waals surface area contributed by atoms with Crippen LogP contribution in [0.1, 0.15) is 41.8 Å². The Labute approximate surface area is 122 Å². The van der Waals surface area contributed by atoms with Crippen LogP contribution in [0, 0.1) is 0 Å². The third-order valence-corrected chi connectivity index (χ3v) is 4.17. The molecule has 0 saturated heterocycles. The van der Waals surface area contributed by atoms with Gasteiger partial charge in [-0.25, -0.2) is 0 Å². The molecule has 1 fully saturated rings. The first kappa shape index (κ1) is 13.3. The third kappa shape index (κ3) is 2.46. The standard InChI is InChI=1S/C16H16ClNO2/c17-13-6-3-5-12(11-13)16(8-1-2-9-16)18-15(19)14-7-4-10-20-14/h3-7,10-11H,1-2,8-9H2,(H,18,19). The number of furan rings is 1. The van der Waals surface area contributed by atoms with E-state index in [1.54, 1.807) is 12.1 Å². The van der Waals surface area contributed by atoms with Crippen molar-refractivity contribution in [1.29, 1.82) is 0 Å². The maximum Gasteiger partial charge on any atom is 0.287 e. The summed E-state index contributed by atoms with van der Waals surface area (Å²) in [4.78, 5) is 12.3. The molecule has 1 aromatic carbocycles. The first-order valence-electron chi connectivity index (χ1n) is 6.82. The summed E-state index contributed by atoms with van der Waals surface area (Å²) in [5.41, 5.74) is 0.747. The van der Waals surface area contributed by atoms with Crippen LogP contribution in [0.3, 0.4) is 0 Å². The van der Waals surface area contributed by atoms with E-state index >= 15 is 0 Å². The van der Waals surface area contributed by atoms with Gasteiger partial charge in [0.05, 0.1) is 11.8 Å². The molecule has 1 aliphatic carbocycles. The number of benzene rings is 1. The van der Waals surface area contributed by atoms with E-state index in [0.717, 1.165) is 31.2 Å². The molecule has 4 heteroatoms. The van der Waals surface area contributed by atoms with Gasteiger partial charge >= 0.3 is 0 Å². The summed E-state index contributed by atoms with van der Waals surface area (Å²) >= 11 is 6.09. The van der Waals surface area contributed by atoms with Crippen molar-refractivity contribution in [3.8, 4) is 0 Å². The van der Waals surface area contributed by atoms with Crippen molar-refractivity contribution >= 4 is 17.5 Å². The van der Waals surface area contributed by atoms with Crippen molar-refractivity contribution in [2.45, 2.75) is 31.2 Å². The van der Waals surface area contributed by atoms with E-state index in [1.807, 2.05) is 24.3 Å². The third-order valence-electron chi connectivity index (χ3n) is 3.93. The highest BCUT2D eigenvalue weighted by molar-refractivity contribution is 6.30. The van der Waals surface area contributed by atoms with Crippen molar-refractivity contribution in [1.82, 2.24) is 5.32 Å². The van der Waals surface area contributed by atoms with Gasteiger partial charge in [0.2, 0.25) is 0 Å². The van der Waals surface area contributed by atoms with E-state index in [2.05, 4.69) is 5.32 Å². The molecule has 0 bridgehead atoms. The lowest BCUT2D eigenvalue weighted by molar-refractivity contribution is 0.0869. The van der Waals surface area contributed by atoms with Crippen LogP contribution in [-0.2, 0) is 5.54 Å². The van der Waals surface area contributed by atoms with Gasteiger partial charge in [0.25, 0.3) is 5.91 Å². The zero-order valence-corrected chi connectivity index (χ0v) is 11.8. The van der Waals surface area contributed by atoms with Crippen molar-refractivity contribution in [3.05, 3.63) is 59.0 Å². The molecule has 0 spiro atoms. The van der Waals surface area contributed by atoms with E-state index in [-0.39, 0.29) is 11.4 Å². The Kier molecular flexibility index (Phi) is 3.53. The average Bonchev–Trinajstić information content (AvgIpc) is 3.10. The fraction of sp³-hybridized carbons (Fsp3) is 0.312.